The van der Waals surface area contributed by atoms with E-state index in [1.165, 1.54) is 0 Å². The quantitative estimate of drug-likeness (QED) is 0.782. The molecule has 0 amide bonds. The normalized spacial score (nSPS) is 21.1. The van der Waals surface area contributed by atoms with Crippen molar-refractivity contribution >= 4 is 23.0 Å². The Morgan fingerprint density at radius 1 is 1.71 bits per heavy atom. The molecule has 2 heterocycles. The van der Waals surface area contributed by atoms with Gasteiger partial charge in [-0.25, -0.2) is 0 Å². The van der Waals surface area contributed by atoms with E-state index < -0.39 is 0 Å². The molecule has 0 aromatic carbocycles. The van der Waals surface area contributed by atoms with Gasteiger partial charge in [0.15, 0.2) is 5.82 Å². The Balaban J connectivity index is 2.09. The van der Waals surface area contributed by atoms with E-state index >= 15 is 0 Å². The lowest BCUT2D eigenvalue weighted by molar-refractivity contribution is 0.0995. The van der Waals surface area contributed by atoms with Gasteiger partial charge in [-0.2, -0.15) is 5.10 Å². The van der Waals surface area contributed by atoms with Crippen LogP contribution in [0.25, 0.3) is 0 Å². The third-order valence-corrected chi connectivity index (χ3v) is 3.09. The fourth-order valence-electron chi connectivity index (χ4n) is 1.94. The first kappa shape index (κ1) is 12.2. The number of aromatic nitrogens is 2. The van der Waals surface area contributed by atoms with Crippen molar-refractivity contribution in [2.24, 2.45) is 5.73 Å². The van der Waals surface area contributed by atoms with Gasteiger partial charge in [-0.15, -0.1) is 5.10 Å². The van der Waals surface area contributed by atoms with Gasteiger partial charge < -0.3 is 15.8 Å². The Kier molecular flexibility index (Phi) is 3.86. The van der Waals surface area contributed by atoms with Crippen molar-refractivity contribution < 1.29 is 4.74 Å². The van der Waals surface area contributed by atoms with Crippen LogP contribution in [0.5, 0.6) is 0 Å². The topological polar surface area (TPSA) is 73.1 Å². The maximum absolute atomic E-state index is 5.64. The summed E-state index contributed by atoms with van der Waals surface area (Å²) < 4.78 is 5.61. The highest BCUT2D eigenvalue weighted by Crippen LogP contribution is 2.19. The Labute approximate surface area is 106 Å². The van der Waals surface area contributed by atoms with Crippen LogP contribution in [0.1, 0.15) is 25.3 Å². The van der Waals surface area contributed by atoms with Crippen molar-refractivity contribution in [2.75, 3.05) is 11.9 Å². The zero-order valence-electron chi connectivity index (χ0n) is 9.72. The third kappa shape index (κ3) is 2.89. The minimum Gasteiger partial charge on any atom is -0.389 e. The molecule has 0 radical (unpaired) electrons. The van der Waals surface area contributed by atoms with Crippen LogP contribution in [0.15, 0.2) is 12.3 Å². The predicted molar refractivity (Wildman–Crippen MR) is 70.0 cm³/mol. The predicted octanol–water partition coefficient (Wildman–Crippen LogP) is 1.09. The van der Waals surface area contributed by atoms with E-state index in [2.05, 4.69) is 22.4 Å². The first-order valence-corrected chi connectivity index (χ1v) is 6.09. The maximum atomic E-state index is 5.64. The van der Waals surface area contributed by atoms with Gasteiger partial charge in [-0.05, 0) is 25.8 Å². The zero-order valence-corrected chi connectivity index (χ0v) is 10.5. The minimum absolute atomic E-state index is 0.169. The largest absolute Gasteiger partial charge is 0.389 e. The van der Waals surface area contributed by atoms with Crippen molar-refractivity contribution in [3.63, 3.8) is 0 Å². The SMILES string of the molecule is CC(Nc1nnccc1C(N)=S)C1CCCO1. The van der Waals surface area contributed by atoms with Crippen LogP contribution in [0.2, 0.25) is 0 Å². The molecule has 1 aromatic heterocycles. The van der Waals surface area contributed by atoms with Gasteiger partial charge in [0, 0.05) is 6.61 Å². The van der Waals surface area contributed by atoms with E-state index in [9.17, 15) is 0 Å². The molecular weight excluding hydrogens is 236 g/mol. The number of rotatable bonds is 4. The molecule has 1 aliphatic heterocycles. The third-order valence-electron chi connectivity index (χ3n) is 2.87. The summed E-state index contributed by atoms with van der Waals surface area (Å²) in [6, 6.07) is 1.93. The summed E-state index contributed by atoms with van der Waals surface area (Å²) in [6.07, 6.45) is 3.98. The Hall–Kier alpha value is -1.27. The van der Waals surface area contributed by atoms with Crippen LogP contribution >= 0.6 is 12.2 Å². The molecule has 0 bridgehead atoms. The standard InChI is InChI=1S/C11H16N4OS/c1-7(9-3-2-6-16-9)14-11-8(10(12)17)4-5-13-15-11/h4-5,7,9H,2-3,6H2,1H3,(H2,12,17)(H,14,15). The molecule has 2 rings (SSSR count). The van der Waals surface area contributed by atoms with Gasteiger partial charge >= 0.3 is 0 Å². The number of thiocarbonyl (C=S) groups is 1. The highest BCUT2D eigenvalue weighted by molar-refractivity contribution is 7.80. The molecule has 92 valence electrons. The monoisotopic (exact) mass is 252 g/mol. The second-order valence-electron chi connectivity index (χ2n) is 4.14. The fraction of sp³-hybridized carbons (Fsp3) is 0.545. The van der Waals surface area contributed by atoms with Crippen molar-refractivity contribution in [3.05, 3.63) is 17.8 Å². The van der Waals surface area contributed by atoms with E-state index in [4.69, 9.17) is 22.7 Å². The van der Waals surface area contributed by atoms with Gasteiger partial charge in [-0.3, -0.25) is 0 Å². The van der Waals surface area contributed by atoms with Crippen LogP contribution in [0.4, 0.5) is 5.82 Å². The van der Waals surface area contributed by atoms with Crippen LogP contribution in [-0.2, 0) is 4.74 Å². The zero-order chi connectivity index (χ0) is 12.3. The number of nitrogens with two attached hydrogens (primary N) is 1. The van der Waals surface area contributed by atoms with Gasteiger partial charge in [0.2, 0.25) is 0 Å². The Bertz CT molecular complexity index is 406. The van der Waals surface area contributed by atoms with E-state index in [-0.39, 0.29) is 12.1 Å². The summed E-state index contributed by atoms with van der Waals surface area (Å²) >= 11 is 4.98. The number of nitrogens with one attached hydrogen (secondary N) is 1. The molecule has 5 nitrogen and oxygen atoms in total. The first-order valence-electron chi connectivity index (χ1n) is 5.68. The molecule has 0 saturated carbocycles. The summed E-state index contributed by atoms with van der Waals surface area (Å²) in [5.74, 6) is 0.628. The molecule has 2 atom stereocenters. The lowest BCUT2D eigenvalue weighted by atomic mass is 10.1. The van der Waals surface area contributed by atoms with Crippen molar-refractivity contribution in [2.45, 2.75) is 31.9 Å². The van der Waals surface area contributed by atoms with E-state index in [1.807, 2.05) is 0 Å². The molecule has 1 fully saturated rings. The molecule has 1 saturated heterocycles. The number of ether oxygens (including phenoxy) is 1. The summed E-state index contributed by atoms with van der Waals surface area (Å²) in [5, 5.41) is 11.1. The highest BCUT2D eigenvalue weighted by atomic mass is 32.1. The molecule has 17 heavy (non-hydrogen) atoms. The number of anilines is 1. The molecule has 6 heteroatoms. The van der Waals surface area contributed by atoms with Crippen LogP contribution in [-0.4, -0.2) is 33.9 Å². The summed E-state index contributed by atoms with van der Waals surface area (Å²) in [4.78, 5) is 0.321. The van der Waals surface area contributed by atoms with Gasteiger partial charge in [0.05, 0.1) is 23.9 Å². The summed E-state index contributed by atoms with van der Waals surface area (Å²) in [6.45, 7) is 2.90. The minimum atomic E-state index is 0.169. The molecule has 0 aliphatic carbocycles. The van der Waals surface area contributed by atoms with Crippen molar-refractivity contribution in [1.29, 1.82) is 0 Å². The van der Waals surface area contributed by atoms with Crippen LogP contribution in [0.3, 0.4) is 0 Å². The summed E-state index contributed by atoms with van der Waals surface area (Å²) in [7, 11) is 0. The van der Waals surface area contributed by atoms with Gasteiger partial charge in [0.1, 0.15) is 4.99 Å². The number of nitrogens with zero attached hydrogens (tertiary/aromatic N) is 2. The lowest BCUT2D eigenvalue weighted by Gasteiger charge is -2.21. The molecule has 2 unspecified atom stereocenters. The summed E-state index contributed by atoms with van der Waals surface area (Å²) in [5.41, 5.74) is 6.36. The molecular formula is C11H16N4OS. The van der Waals surface area contributed by atoms with E-state index in [0.29, 0.717) is 10.8 Å². The average molecular weight is 252 g/mol. The van der Waals surface area contributed by atoms with Crippen LogP contribution in [0, 0.1) is 0 Å². The Morgan fingerprint density at radius 3 is 3.18 bits per heavy atom. The second kappa shape index (κ2) is 5.37. The highest BCUT2D eigenvalue weighted by Gasteiger charge is 2.23. The van der Waals surface area contributed by atoms with Gasteiger partial charge in [0.25, 0.3) is 0 Å². The van der Waals surface area contributed by atoms with Crippen molar-refractivity contribution in [1.82, 2.24) is 10.2 Å². The molecule has 1 aromatic rings. The van der Waals surface area contributed by atoms with E-state index in [1.54, 1.807) is 12.3 Å². The molecule has 1 aliphatic rings. The lowest BCUT2D eigenvalue weighted by Crippen LogP contribution is -2.31. The fourth-order valence-corrected chi connectivity index (χ4v) is 2.11. The van der Waals surface area contributed by atoms with Gasteiger partial charge in [-0.1, -0.05) is 12.2 Å². The average Bonchev–Trinajstić information content (AvgIpc) is 2.83. The number of hydrogen-bond donors (Lipinski definition) is 2. The molecule has 0 spiro atoms. The van der Waals surface area contributed by atoms with Crippen molar-refractivity contribution in [3.8, 4) is 0 Å². The molecule has 3 N–H and O–H groups in total. The smallest absolute Gasteiger partial charge is 0.159 e. The Morgan fingerprint density at radius 2 is 2.53 bits per heavy atom. The first-order chi connectivity index (χ1) is 8.18. The number of hydrogen-bond acceptors (Lipinski definition) is 5. The van der Waals surface area contributed by atoms with Crippen LogP contribution < -0.4 is 11.1 Å². The maximum Gasteiger partial charge on any atom is 0.159 e. The second-order valence-corrected chi connectivity index (χ2v) is 4.58. The van der Waals surface area contributed by atoms with E-state index in [0.717, 1.165) is 25.0 Å².